The van der Waals surface area contributed by atoms with Crippen molar-refractivity contribution in [2.45, 2.75) is 51.6 Å². The maximum atomic E-state index is 12.3. The number of unbranched alkanes of at least 4 members (excludes halogenated alkanes) is 4. The number of hydrogen-bond acceptors (Lipinski definition) is 1. The van der Waals surface area contributed by atoms with Crippen LogP contribution in [0.3, 0.4) is 0 Å². The van der Waals surface area contributed by atoms with E-state index in [1.165, 1.54) is 0 Å². The van der Waals surface area contributed by atoms with Crippen LogP contribution in [-0.4, -0.2) is 35.4 Å². The average molecular weight is 332 g/mol. The monoisotopic (exact) mass is 331 g/mol. The maximum Gasteiger partial charge on any atom is 0.406 e. The fourth-order valence-electron chi connectivity index (χ4n) is 1.65. The van der Waals surface area contributed by atoms with Gasteiger partial charge in [0.25, 0.3) is 0 Å². The van der Waals surface area contributed by atoms with E-state index in [4.69, 9.17) is 0 Å². The molecule has 18 heavy (non-hydrogen) atoms. The molecule has 0 unspecified atom stereocenters. The Hall–Kier alpha value is -0.260. The van der Waals surface area contributed by atoms with Crippen molar-refractivity contribution in [3.63, 3.8) is 0 Å². The fraction of sp³-hybridized carbons (Fsp3) is 0.917. The quantitative estimate of drug-likeness (QED) is 0.459. The van der Waals surface area contributed by atoms with Crippen molar-refractivity contribution >= 4 is 21.8 Å². The van der Waals surface area contributed by atoms with Crippen LogP contribution < -0.4 is 0 Å². The van der Waals surface area contributed by atoms with Crippen LogP contribution in [0, 0.1) is 0 Å². The van der Waals surface area contributed by atoms with Gasteiger partial charge >= 0.3 is 6.18 Å². The standard InChI is InChI=1S/C12H21BrF3NO/c1-2-3-4-5-6-7-11(18)17(9-8-13)10-12(14,15)16/h2-10H2,1H3. The zero-order valence-electron chi connectivity index (χ0n) is 10.7. The molecule has 0 aliphatic carbocycles. The molecular formula is C12H21BrF3NO. The highest BCUT2D eigenvalue weighted by molar-refractivity contribution is 9.09. The third-order valence-corrected chi connectivity index (χ3v) is 2.93. The second-order valence-corrected chi connectivity index (χ2v) is 5.08. The molecule has 6 heteroatoms. The summed E-state index contributed by atoms with van der Waals surface area (Å²) in [5.41, 5.74) is 0. The van der Waals surface area contributed by atoms with Gasteiger partial charge in [0.15, 0.2) is 0 Å². The largest absolute Gasteiger partial charge is 0.406 e. The molecule has 0 aromatic rings. The van der Waals surface area contributed by atoms with Gasteiger partial charge in [-0.2, -0.15) is 13.2 Å². The molecule has 0 atom stereocenters. The molecule has 0 N–H and O–H groups in total. The van der Waals surface area contributed by atoms with Crippen LogP contribution in [0.2, 0.25) is 0 Å². The second-order valence-electron chi connectivity index (χ2n) is 4.28. The predicted octanol–water partition coefficient (Wildman–Crippen LogP) is 4.13. The van der Waals surface area contributed by atoms with Gasteiger partial charge in [-0.3, -0.25) is 4.79 Å². The highest BCUT2D eigenvalue weighted by atomic mass is 79.9. The SMILES string of the molecule is CCCCCCCC(=O)N(CCBr)CC(F)(F)F. The Bertz CT molecular complexity index is 234. The Morgan fingerprint density at radius 1 is 1.17 bits per heavy atom. The number of carbonyl (C=O) groups excluding carboxylic acids is 1. The molecule has 0 heterocycles. The van der Waals surface area contributed by atoms with Crippen LogP contribution in [0.5, 0.6) is 0 Å². The smallest absolute Gasteiger partial charge is 0.333 e. The van der Waals surface area contributed by atoms with Gasteiger partial charge in [0.2, 0.25) is 5.91 Å². The van der Waals surface area contributed by atoms with Gasteiger partial charge < -0.3 is 4.90 Å². The molecule has 0 rings (SSSR count). The van der Waals surface area contributed by atoms with E-state index < -0.39 is 18.6 Å². The molecule has 0 saturated carbocycles. The third-order valence-electron chi connectivity index (χ3n) is 2.57. The van der Waals surface area contributed by atoms with Crippen molar-refractivity contribution in [2.75, 3.05) is 18.4 Å². The number of amides is 1. The lowest BCUT2D eigenvalue weighted by Crippen LogP contribution is -2.40. The van der Waals surface area contributed by atoms with Gasteiger partial charge in [-0.1, -0.05) is 48.5 Å². The molecule has 2 nitrogen and oxygen atoms in total. The van der Waals surface area contributed by atoms with E-state index in [1.54, 1.807) is 0 Å². The normalized spacial score (nSPS) is 11.6. The number of alkyl halides is 4. The first-order valence-electron chi connectivity index (χ1n) is 6.31. The molecule has 0 radical (unpaired) electrons. The molecule has 0 aromatic carbocycles. The van der Waals surface area contributed by atoms with Crippen LogP contribution in [0.15, 0.2) is 0 Å². The number of nitrogens with zero attached hydrogens (tertiary/aromatic N) is 1. The minimum atomic E-state index is -4.32. The van der Waals surface area contributed by atoms with E-state index in [0.717, 1.165) is 30.6 Å². The number of halogens is 4. The van der Waals surface area contributed by atoms with E-state index >= 15 is 0 Å². The Morgan fingerprint density at radius 2 is 1.78 bits per heavy atom. The fourth-order valence-corrected chi connectivity index (χ4v) is 2.08. The van der Waals surface area contributed by atoms with Gasteiger partial charge in [0, 0.05) is 18.3 Å². The van der Waals surface area contributed by atoms with Crippen molar-refractivity contribution in [3.8, 4) is 0 Å². The van der Waals surface area contributed by atoms with Crippen LogP contribution in [0.1, 0.15) is 45.4 Å². The van der Waals surface area contributed by atoms with E-state index in [1.807, 2.05) is 0 Å². The van der Waals surface area contributed by atoms with Gasteiger partial charge in [-0.05, 0) is 6.42 Å². The summed E-state index contributed by atoms with van der Waals surface area (Å²) in [5, 5.41) is 0.366. The van der Waals surface area contributed by atoms with Gasteiger partial charge in [-0.15, -0.1) is 0 Å². The average Bonchev–Trinajstić information content (AvgIpc) is 2.26. The Labute approximate surface area is 115 Å². The summed E-state index contributed by atoms with van der Waals surface area (Å²) in [5.74, 6) is -0.400. The lowest BCUT2D eigenvalue weighted by Gasteiger charge is -2.23. The maximum absolute atomic E-state index is 12.3. The van der Waals surface area contributed by atoms with Crippen LogP contribution in [0.4, 0.5) is 13.2 Å². The highest BCUT2D eigenvalue weighted by Crippen LogP contribution is 2.17. The van der Waals surface area contributed by atoms with Crippen molar-refractivity contribution in [1.29, 1.82) is 0 Å². The summed E-state index contributed by atoms with van der Waals surface area (Å²) < 4.78 is 36.8. The molecule has 0 fully saturated rings. The van der Waals surface area contributed by atoms with Crippen molar-refractivity contribution in [2.24, 2.45) is 0 Å². The van der Waals surface area contributed by atoms with Gasteiger partial charge in [0.1, 0.15) is 6.54 Å². The lowest BCUT2D eigenvalue weighted by atomic mass is 10.1. The zero-order chi connectivity index (χ0) is 14.0. The molecule has 0 aliphatic heterocycles. The molecule has 0 spiro atoms. The van der Waals surface area contributed by atoms with E-state index in [-0.39, 0.29) is 13.0 Å². The first-order chi connectivity index (χ1) is 8.40. The van der Waals surface area contributed by atoms with Crippen molar-refractivity contribution in [3.05, 3.63) is 0 Å². The molecule has 0 aliphatic rings. The zero-order valence-corrected chi connectivity index (χ0v) is 12.3. The molecule has 0 aromatic heterocycles. The highest BCUT2D eigenvalue weighted by Gasteiger charge is 2.32. The van der Waals surface area contributed by atoms with E-state index in [2.05, 4.69) is 22.9 Å². The molecular weight excluding hydrogens is 311 g/mol. The predicted molar refractivity (Wildman–Crippen MR) is 69.8 cm³/mol. The lowest BCUT2D eigenvalue weighted by molar-refractivity contribution is -0.160. The first-order valence-corrected chi connectivity index (χ1v) is 7.43. The minimum Gasteiger partial charge on any atom is -0.333 e. The van der Waals surface area contributed by atoms with Gasteiger partial charge in [0.05, 0.1) is 0 Å². The molecule has 1 amide bonds. The number of rotatable bonds is 9. The Kier molecular flexibility index (Phi) is 9.50. The third kappa shape index (κ3) is 9.74. The number of hydrogen-bond donors (Lipinski definition) is 0. The van der Waals surface area contributed by atoms with Crippen LogP contribution >= 0.6 is 15.9 Å². The summed E-state index contributed by atoms with van der Waals surface area (Å²) in [6, 6.07) is 0. The second kappa shape index (κ2) is 9.64. The Morgan fingerprint density at radius 3 is 2.28 bits per heavy atom. The summed E-state index contributed by atoms with van der Waals surface area (Å²) in [6.45, 7) is 1.05. The molecule has 0 bridgehead atoms. The molecule has 0 saturated heterocycles. The number of carbonyl (C=O) groups is 1. The van der Waals surface area contributed by atoms with Crippen LogP contribution in [-0.2, 0) is 4.79 Å². The Balaban J connectivity index is 3.99. The summed E-state index contributed by atoms with van der Waals surface area (Å²) in [7, 11) is 0. The summed E-state index contributed by atoms with van der Waals surface area (Å²) in [6.07, 6.45) is 0.747. The summed E-state index contributed by atoms with van der Waals surface area (Å²) >= 11 is 3.07. The van der Waals surface area contributed by atoms with E-state index in [9.17, 15) is 18.0 Å². The van der Waals surface area contributed by atoms with Crippen LogP contribution in [0.25, 0.3) is 0 Å². The van der Waals surface area contributed by atoms with Gasteiger partial charge in [-0.25, -0.2) is 0 Å². The van der Waals surface area contributed by atoms with Crippen molar-refractivity contribution < 1.29 is 18.0 Å². The summed E-state index contributed by atoms with van der Waals surface area (Å²) in [4.78, 5) is 12.5. The van der Waals surface area contributed by atoms with E-state index in [0.29, 0.717) is 11.8 Å². The first kappa shape index (κ1) is 17.7. The van der Waals surface area contributed by atoms with Crippen molar-refractivity contribution in [1.82, 2.24) is 4.90 Å². The topological polar surface area (TPSA) is 20.3 Å². The minimum absolute atomic E-state index is 0.104. The molecule has 108 valence electrons.